The predicted octanol–water partition coefficient (Wildman–Crippen LogP) is 1.85. The molecule has 2 fully saturated rings. The smallest absolute Gasteiger partial charge is 0.263 e. The Labute approximate surface area is 168 Å². The largest absolute Gasteiger partial charge is 0.369 e. The molecule has 0 unspecified atom stereocenters. The van der Waals surface area contributed by atoms with Crippen molar-refractivity contribution >= 4 is 23.2 Å². The molecule has 1 atom stereocenters. The van der Waals surface area contributed by atoms with Gasteiger partial charge in [0.15, 0.2) is 0 Å². The Morgan fingerprint density at radius 2 is 2.00 bits per heavy atom. The summed E-state index contributed by atoms with van der Waals surface area (Å²) in [5.41, 5.74) is 0.898. The fourth-order valence-electron chi connectivity index (χ4n) is 4.12. The molecule has 4 rings (SSSR count). The van der Waals surface area contributed by atoms with Crippen molar-refractivity contribution in [1.29, 1.82) is 0 Å². The van der Waals surface area contributed by atoms with Crippen molar-refractivity contribution < 1.29 is 4.79 Å². The lowest BCUT2D eigenvalue weighted by molar-refractivity contribution is 0.0561. The number of anilines is 1. The molecule has 8 heteroatoms. The maximum Gasteiger partial charge on any atom is 0.263 e. The van der Waals surface area contributed by atoms with Gasteiger partial charge in [0, 0.05) is 62.2 Å². The maximum absolute atomic E-state index is 12.7. The number of hydrogen-bond acceptors (Lipinski definition) is 5. The van der Waals surface area contributed by atoms with Crippen LogP contribution in [0, 0.1) is 0 Å². The molecule has 7 nitrogen and oxygen atoms in total. The van der Waals surface area contributed by atoms with E-state index in [1.54, 1.807) is 4.90 Å². The van der Waals surface area contributed by atoms with Crippen molar-refractivity contribution in [2.75, 3.05) is 44.2 Å². The van der Waals surface area contributed by atoms with Crippen LogP contribution in [0.3, 0.4) is 0 Å². The Morgan fingerprint density at radius 1 is 1.18 bits per heavy atom. The molecular weight excluding hydrogens is 378 g/mol. The fraction of sp³-hybridized carbons (Fsp3) is 0.450. The zero-order chi connectivity index (χ0) is 19.5. The van der Waals surface area contributed by atoms with Crippen LogP contribution in [0.5, 0.6) is 0 Å². The number of amides is 1. The predicted molar refractivity (Wildman–Crippen MR) is 109 cm³/mol. The van der Waals surface area contributed by atoms with Gasteiger partial charge in [0.25, 0.3) is 11.5 Å². The van der Waals surface area contributed by atoms with Crippen LogP contribution in [-0.2, 0) is 0 Å². The monoisotopic (exact) mass is 401 g/mol. The molecule has 1 aromatic heterocycles. The first kappa shape index (κ1) is 19.0. The van der Waals surface area contributed by atoms with E-state index < -0.39 is 0 Å². The summed E-state index contributed by atoms with van der Waals surface area (Å²) in [6.45, 7) is 5.12. The van der Waals surface area contributed by atoms with Crippen molar-refractivity contribution in [1.82, 2.24) is 19.8 Å². The van der Waals surface area contributed by atoms with Crippen molar-refractivity contribution in [3.05, 3.63) is 57.7 Å². The number of piperidine rings is 1. The molecule has 1 aromatic carbocycles. The Morgan fingerprint density at radius 3 is 2.75 bits per heavy atom. The molecule has 0 bridgehead atoms. The second-order valence-corrected chi connectivity index (χ2v) is 7.78. The molecular formula is C20H24ClN5O2. The summed E-state index contributed by atoms with van der Waals surface area (Å²) in [6, 6.07) is 8.30. The lowest BCUT2D eigenvalue weighted by atomic mass is 10.0. The van der Waals surface area contributed by atoms with Gasteiger partial charge < -0.3 is 14.8 Å². The summed E-state index contributed by atoms with van der Waals surface area (Å²) in [5, 5.41) is 0.756. The molecule has 2 aliphatic rings. The third kappa shape index (κ3) is 4.05. The van der Waals surface area contributed by atoms with E-state index in [2.05, 4.69) is 25.8 Å². The third-order valence-electron chi connectivity index (χ3n) is 5.64. The molecule has 0 aliphatic carbocycles. The Kier molecular flexibility index (Phi) is 5.64. The standard InChI is InChI=1S/C20H24ClN5O2/c21-15-3-1-4-16(11-15)24-7-9-25(10-8-24)17-5-2-6-26(13-17)20(28)18-12-22-14-23-19(18)27/h1,3-4,11-12,14,17H,2,5-10,13H2,(H,22,23,27)/t17-/m1/s1. The van der Waals surface area contributed by atoms with Crippen molar-refractivity contribution in [2.24, 2.45) is 0 Å². The SMILES string of the molecule is O=C(c1cnc[nH]c1=O)N1CCC[C@@H](N2CCN(c3cccc(Cl)c3)CC2)C1. The number of carbonyl (C=O) groups is 1. The summed E-state index contributed by atoms with van der Waals surface area (Å²) >= 11 is 6.12. The molecule has 3 heterocycles. The van der Waals surface area contributed by atoms with Gasteiger partial charge in [-0.2, -0.15) is 0 Å². The van der Waals surface area contributed by atoms with Crippen molar-refractivity contribution in [3.63, 3.8) is 0 Å². The van der Waals surface area contributed by atoms with Crippen LogP contribution in [0.15, 0.2) is 41.6 Å². The second kappa shape index (κ2) is 8.32. The highest BCUT2D eigenvalue weighted by molar-refractivity contribution is 6.30. The van der Waals surface area contributed by atoms with E-state index in [1.807, 2.05) is 18.2 Å². The highest BCUT2D eigenvalue weighted by Crippen LogP contribution is 2.23. The number of piperazine rings is 1. The van der Waals surface area contributed by atoms with Crippen molar-refractivity contribution in [2.45, 2.75) is 18.9 Å². The number of aromatic nitrogens is 2. The summed E-state index contributed by atoms with van der Waals surface area (Å²) in [5.74, 6) is -0.225. The highest BCUT2D eigenvalue weighted by Gasteiger charge is 2.31. The number of benzene rings is 1. The molecule has 0 radical (unpaired) electrons. The van der Waals surface area contributed by atoms with Crippen molar-refractivity contribution in [3.8, 4) is 0 Å². The van der Waals surface area contributed by atoms with Gasteiger partial charge in [-0.25, -0.2) is 4.98 Å². The average Bonchev–Trinajstić information content (AvgIpc) is 2.74. The Bertz CT molecular complexity index is 894. The molecule has 2 saturated heterocycles. The Hall–Kier alpha value is -2.38. The number of likely N-dealkylation sites (tertiary alicyclic amines) is 1. The lowest BCUT2D eigenvalue weighted by Crippen LogP contribution is -2.56. The number of hydrogen-bond donors (Lipinski definition) is 1. The second-order valence-electron chi connectivity index (χ2n) is 7.34. The minimum Gasteiger partial charge on any atom is -0.369 e. The van der Waals surface area contributed by atoms with Gasteiger partial charge in [0.1, 0.15) is 5.56 Å². The van der Waals surface area contributed by atoms with Crippen LogP contribution in [0.4, 0.5) is 5.69 Å². The molecule has 2 aromatic rings. The summed E-state index contributed by atoms with van der Waals surface area (Å²) < 4.78 is 0. The van der Waals surface area contributed by atoms with Gasteiger partial charge in [-0.3, -0.25) is 14.5 Å². The quantitative estimate of drug-likeness (QED) is 0.849. The molecule has 28 heavy (non-hydrogen) atoms. The topological polar surface area (TPSA) is 72.5 Å². The number of carbonyl (C=O) groups excluding carboxylic acids is 1. The first-order chi connectivity index (χ1) is 13.6. The highest BCUT2D eigenvalue weighted by atomic mass is 35.5. The molecule has 2 aliphatic heterocycles. The van der Waals surface area contributed by atoms with Gasteiger partial charge in [-0.15, -0.1) is 0 Å². The minimum atomic E-state index is -0.378. The Balaban J connectivity index is 1.37. The summed E-state index contributed by atoms with van der Waals surface area (Å²) in [4.78, 5) is 37.6. The van der Waals surface area contributed by atoms with Crippen LogP contribution in [0.2, 0.25) is 5.02 Å². The molecule has 1 N–H and O–H groups in total. The molecule has 148 valence electrons. The maximum atomic E-state index is 12.7. The first-order valence-corrected chi connectivity index (χ1v) is 10.1. The number of nitrogens with one attached hydrogen (secondary N) is 1. The third-order valence-corrected chi connectivity index (χ3v) is 5.87. The average molecular weight is 402 g/mol. The fourth-order valence-corrected chi connectivity index (χ4v) is 4.31. The number of halogens is 1. The molecule has 1 amide bonds. The number of H-pyrrole nitrogens is 1. The van der Waals surface area contributed by atoms with Crippen LogP contribution in [-0.4, -0.2) is 71.0 Å². The summed E-state index contributed by atoms with van der Waals surface area (Å²) in [6.07, 6.45) is 4.68. The molecule has 0 spiro atoms. The lowest BCUT2D eigenvalue weighted by Gasteiger charge is -2.44. The van der Waals surface area contributed by atoms with Gasteiger partial charge in [-0.05, 0) is 31.0 Å². The van der Waals surface area contributed by atoms with E-state index in [0.717, 1.165) is 49.7 Å². The van der Waals surface area contributed by atoms with E-state index >= 15 is 0 Å². The number of rotatable bonds is 3. The van der Waals surface area contributed by atoms with Gasteiger partial charge in [0.05, 0.1) is 6.33 Å². The number of aromatic amines is 1. The number of nitrogens with zero attached hydrogens (tertiary/aromatic N) is 4. The summed E-state index contributed by atoms with van der Waals surface area (Å²) in [7, 11) is 0. The van der Waals surface area contributed by atoms with E-state index in [1.165, 1.54) is 12.5 Å². The van der Waals surface area contributed by atoms with E-state index in [0.29, 0.717) is 19.1 Å². The van der Waals surface area contributed by atoms with Gasteiger partial charge >= 0.3 is 0 Å². The molecule has 0 saturated carbocycles. The van der Waals surface area contributed by atoms with Crippen LogP contribution in [0.25, 0.3) is 0 Å². The van der Waals surface area contributed by atoms with Crippen LogP contribution >= 0.6 is 11.6 Å². The zero-order valence-electron chi connectivity index (χ0n) is 15.7. The van der Waals surface area contributed by atoms with Crippen LogP contribution in [0.1, 0.15) is 23.2 Å². The zero-order valence-corrected chi connectivity index (χ0v) is 16.4. The van der Waals surface area contributed by atoms with Gasteiger partial charge in [-0.1, -0.05) is 17.7 Å². The normalized spacial score (nSPS) is 21.0. The minimum absolute atomic E-state index is 0.119. The van der Waals surface area contributed by atoms with Gasteiger partial charge in [0.2, 0.25) is 0 Å². The van der Waals surface area contributed by atoms with Crippen LogP contribution < -0.4 is 10.5 Å². The van der Waals surface area contributed by atoms with E-state index in [4.69, 9.17) is 11.6 Å². The first-order valence-electron chi connectivity index (χ1n) is 9.68. The van der Waals surface area contributed by atoms with E-state index in [9.17, 15) is 9.59 Å². The van der Waals surface area contributed by atoms with E-state index in [-0.39, 0.29) is 17.0 Å².